The van der Waals surface area contributed by atoms with Crippen molar-refractivity contribution in [1.82, 2.24) is 5.32 Å². The van der Waals surface area contributed by atoms with Crippen LogP contribution in [0.1, 0.15) is 52.4 Å². The van der Waals surface area contributed by atoms with Crippen molar-refractivity contribution in [1.29, 1.82) is 0 Å². The smallest absolute Gasteiger partial charge is 0.0925 e. The molecule has 1 fully saturated rings. The maximum atomic E-state index is 10.1. The van der Waals surface area contributed by atoms with Gasteiger partial charge in [-0.1, -0.05) is 46.0 Å². The fraction of sp³-hybridized carbons (Fsp3) is 1.00. The largest absolute Gasteiger partial charge is 0.390 e. The summed E-state index contributed by atoms with van der Waals surface area (Å²) in [6, 6.07) is 0. The van der Waals surface area contributed by atoms with E-state index in [-0.39, 0.29) is 5.92 Å². The van der Waals surface area contributed by atoms with Crippen LogP contribution in [0.15, 0.2) is 0 Å². The third-order valence-electron chi connectivity index (χ3n) is 4.01. The Bertz CT molecular complexity index is 193. The molecule has 1 aliphatic carbocycles. The molecule has 1 rings (SSSR count). The number of aliphatic hydroxyl groups excluding tert-OH is 2. The van der Waals surface area contributed by atoms with Crippen molar-refractivity contribution < 1.29 is 10.2 Å². The predicted molar refractivity (Wildman–Crippen MR) is 70.9 cm³/mol. The van der Waals surface area contributed by atoms with Crippen LogP contribution in [0.2, 0.25) is 0 Å². The van der Waals surface area contributed by atoms with Crippen molar-refractivity contribution in [3.8, 4) is 0 Å². The highest BCUT2D eigenvalue weighted by Crippen LogP contribution is 2.30. The summed E-state index contributed by atoms with van der Waals surface area (Å²) in [5.41, 5.74) is 0. The summed E-state index contributed by atoms with van der Waals surface area (Å²) in [7, 11) is 0. The van der Waals surface area contributed by atoms with Crippen LogP contribution in [-0.2, 0) is 0 Å². The van der Waals surface area contributed by atoms with E-state index >= 15 is 0 Å². The van der Waals surface area contributed by atoms with E-state index in [2.05, 4.69) is 12.2 Å². The fourth-order valence-electron chi connectivity index (χ4n) is 2.88. The second kappa shape index (κ2) is 8.06. The SMILES string of the molecule is CCNCC(O)C(O)[C@@H](C)CC1CCCCC1. The summed E-state index contributed by atoms with van der Waals surface area (Å²) in [6.07, 6.45) is 6.51. The van der Waals surface area contributed by atoms with Gasteiger partial charge in [0.15, 0.2) is 0 Å². The second-order valence-electron chi connectivity index (χ2n) is 5.58. The van der Waals surface area contributed by atoms with Gasteiger partial charge in [0.25, 0.3) is 0 Å². The highest BCUT2D eigenvalue weighted by Gasteiger charge is 2.25. The lowest BCUT2D eigenvalue weighted by Gasteiger charge is -2.29. The van der Waals surface area contributed by atoms with E-state index in [4.69, 9.17) is 0 Å². The number of nitrogens with one attached hydrogen (secondary N) is 1. The van der Waals surface area contributed by atoms with Crippen LogP contribution in [0.3, 0.4) is 0 Å². The van der Waals surface area contributed by atoms with Crippen molar-refractivity contribution in [2.75, 3.05) is 13.1 Å². The lowest BCUT2D eigenvalue weighted by atomic mass is 9.81. The zero-order chi connectivity index (χ0) is 12.7. The van der Waals surface area contributed by atoms with Crippen LogP contribution >= 0.6 is 0 Å². The molecule has 2 unspecified atom stereocenters. The predicted octanol–water partition coefficient (Wildman–Crippen LogP) is 1.92. The molecule has 0 heterocycles. The molecule has 0 bridgehead atoms. The average Bonchev–Trinajstić information content (AvgIpc) is 2.36. The Balaban J connectivity index is 2.26. The van der Waals surface area contributed by atoms with Gasteiger partial charge < -0.3 is 15.5 Å². The van der Waals surface area contributed by atoms with Crippen molar-refractivity contribution in [3.05, 3.63) is 0 Å². The van der Waals surface area contributed by atoms with Gasteiger partial charge in [0.2, 0.25) is 0 Å². The first kappa shape index (κ1) is 14.9. The van der Waals surface area contributed by atoms with Gasteiger partial charge in [-0.2, -0.15) is 0 Å². The molecule has 17 heavy (non-hydrogen) atoms. The molecule has 0 amide bonds. The number of likely N-dealkylation sites (N-methyl/N-ethyl adjacent to an activating group) is 1. The normalized spacial score (nSPS) is 23.3. The van der Waals surface area contributed by atoms with Crippen LogP contribution < -0.4 is 5.32 Å². The molecule has 1 saturated carbocycles. The molecule has 3 N–H and O–H groups in total. The molecule has 0 aromatic heterocycles. The Morgan fingerprint density at radius 3 is 2.41 bits per heavy atom. The van der Waals surface area contributed by atoms with E-state index in [0.29, 0.717) is 6.54 Å². The lowest BCUT2D eigenvalue weighted by Crippen LogP contribution is -2.40. The molecule has 1 aliphatic rings. The van der Waals surface area contributed by atoms with Gasteiger partial charge in [0.1, 0.15) is 0 Å². The van der Waals surface area contributed by atoms with E-state index < -0.39 is 12.2 Å². The van der Waals surface area contributed by atoms with Crippen LogP contribution in [-0.4, -0.2) is 35.5 Å². The number of rotatable bonds is 7. The Labute approximate surface area is 106 Å². The Hall–Kier alpha value is -0.120. The van der Waals surface area contributed by atoms with Crippen LogP contribution in [0.4, 0.5) is 0 Å². The van der Waals surface area contributed by atoms with E-state index in [1.54, 1.807) is 0 Å². The molecule has 0 aromatic rings. The quantitative estimate of drug-likeness (QED) is 0.640. The van der Waals surface area contributed by atoms with Crippen molar-refractivity contribution in [2.24, 2.45) is 11.8 Å². The molecule has 0 spiro atoms. The maximum absolute atomic E-state index is 10.1. The Morgan fingerprint density at radius 1 is 1.18 bits per heavy atom. The summed E-state index contributed by atoms with van der Waals surface area (Å²) in [5, 5.41) is 23.0. The molecule has 102 valence electrons. The first-order valence-electron chi connectivity index (χ1n) is 7.22. The molecule has 0 saturated heterocycles. The van der Waals surface area contributed by atoms with Gasteiger partial charge in [-0.3, -0.25) is 0 Å². The Kier molecular flexibility index (Phi) is 7.09. The summed E-state index contributed by atoms with van der Waals surface area (Å²) < 4.78 is 0. The zero-order valence-electron chi connectivity index (χ0n) is 11.4. The van der Waals surface area contributed by atoms with Gasteiger partial charge in [-0.25, -0.2) is 0 Å². The molecular formula is C14H29NO2. The summed E-state index contributed by atoms with van der Waals surface area (Å²) in [6.45, 7) is 5.40. The molecule has 0 aliphatic heterocycles. The average molecular weight is 243 g/mol. The second-order valence-corrected chi connectivity index (χ2v) is 5.58. The van der Waals surface area contributed by atoms with Crippen LogP contribution in [0, 0.1) is 11.8 Å². The topological polar surface area (TPSA) is 52.5 Å². The number of hydrogen-bond acceptors (Lipinski definition) is 3. The van der Waals surface area contributed by atoms with Gasteiger partial charge in [0, 0.05) is 6.54 Å². The minimum atomic E-state index is -0.631. The standard InChI is InChI=1S/C14H29NO2/c1-3-15-10-13(16)14(17)11(2)9-12-7-5-4-6-8-12/h11-17H,3-10H2,1-2H3/t11-,13?,14?/m0/s1. The van der Waals surface area contributed by atoms with Crippen LogP contribution in [0.5, 0.6) is 0 Å². The fourth-order valence-corrected chi connectivity index (χ4v) is 2.88. The molecule has 0 radical (unpaired) electrons. The Morgan fingerprint density at radius 2 is 1.82 bits per heavy atom. The van der Waals surface area contributed by atoms with Crippen molar-refractivity contribution in [3.63, 3.8) is 0 Å². The molecule has 3 atom stereocenters. The maximum Gasteiger partial charge on any atom is 0.0925 e. The summed E-state index contributed by atoms with van der Waals surface area (Å²) in [5.74, 6) is 0.964. The summed E-state index contributed by atoms with van der Waals surface area (Å²) in [4.78, 5) is 0. The molecule has 0 aromatic carbocycles. The minimum absolute atomic E-state index is 0.201. The third-order valence-corrected chi connectivity index (χ3v) is 4.01. The first-order valence-corrected chi connectivity index (χ1v) is 7.22. The van der Waals surface area contributed by atoms with Gasteiger partial charge in [0.05, 0.1) is 12.2 Å². The zero-order valence-corrected chi connectivity index (χ0v) is 11.4. The van der Waals surface area contributed by atoms with Crippen LogP contribution in [0.25, 0.3) is 0 Å². The van der Waals surface area contributed by atoms with Crippen molar-refractivity contribution >= 4 is 0 Å². The monoisotopic (exact) mass is 243 g/mol. The minimum Gasteiger partial charge on any atom is -0.390 e. The highest BCUT2D eigenvalue weighted by atomic mass is 16.3. The van der Waals surface area contributed by atoms with Crippen molar-refractivity contribution in [2.45, 2.75) is 64.6 Å². The third kappa shape index (κ3) is 5.36. The van der Waals surface area contributed by atoms with Gasteiger partial charge in [-0.15, -0.1) is 0 Å². The molecule has 3 nitrogen and oxygen atoms in total. The van der Waals surface area contributed by atoms with E-state index in [1.165, 1.54) is 32.1 Å². The van der Waals surface area contributed by atoms with Gasteiger partial charge in [-0.05, 0) is 24.8 Å². The van der Waals surface area contributed by atoms with E-state index in [9.17, 15) is 10.2 Å². The molecule has 3 heteroatoms. The lowest BCUT2D eigenvalue weighted by molar-refractivity contribution is -0.0184. The number of aliphatic hydroxyl groups is 2. The van der Waals surface area contributed by atoms with E-state index in [1.807, 2.05) is 6.92 Å². The number of hydrogen-bond donors (Lipinski definition) is 3. The summed E-state index contributed by atoms with van der Waals surface area (Å²) >= 11 is 0. The van der Waals surface area contributed by atoms with E-state index in [0.717, 1.165) is 18.9 Å². The first-order chi connectivity index (χ1) is 8.15. The van der Waals surface area contributed by atoms with Gasteiger partial charge >= 0.3 is 0 Å². The highest BCUT2D eigenvalue weighted by molar-refractivity contribution is 4.78. The molecular weight excluding hydrogens is 214 g/mol.